The van der Waals surface area contributed by atoms with Crippen LogP contribution in [-0.4, -0.2) is 5.91 Å². The smallest absolute Gasteiger partial charge is 0.226 e. The van der Waals surface area contributed by atoms with Gasteiger partial charge in [0.1, 0.15) is 0 Å². The van der Waals surface area contributed by atoms with Crippen molar-refractivity contribution in [2.75, 3.05) is 5.32 Å². The highest BCUT2D eigenvalue weighted by molar-refractivity contribution is 6.30. The summed E-state index contributed by atoms with van der Waals surface area (Å²) in [6, 6.07) is 13.7. The molecule has 2 aromatic rings. The van der Waals surface area contributed by atoms with Crippen LogP contribution < -0.4 is 5.32 Å². The van der Waals surface area contributed by atoms with Gasteiger partial charge in [-0.15, -0.1) is 0 Å². The van der Waals surface area contributed by atoms with Crippen molar-refractivity contribution in [2.45, 2.75) is 20.8 Å². The molecule has 0 aromatic heterocycles. The predicted octanol–water partition coefficient (Wildman–Crippen LogP) is 4.91. The second-order valence-electron chi connectivity index (χ2n) is 5.18. The number of aryl methyl sites for hydroxylation is 1. The zero-order chi connectivity index (χ0) is 14.7. The molecule has 0 radical (unpaired) electrons. The van der Waals surface area contributed by atoms with E-state index in [0.717, 1.165) is 27.4 Å². The molecule has 0 heterocycles. The number of benzene rings is 2. The van der Waals surface area contributed by atoms with Gasteiger partial charge in [-0.1, -0.05) is 43.6 Å². The van der Waals surface area contributed by atoms with E-state index in [2.05, 4.69) is 5.32 Å². The topological polar surface area (TPSA) is 29.1 Å². The predicted molar refractivity (Wildman–Crippen MR) is 85.1 cm³/mol. The van der Waals surface area contributed by atoms with Crippen molar-refractivity contribution in [2.24, 2.45) is 5.92 Å². The lowest BCUT2D eigenvalue weighted by atomic mass is 10.0. The average molecular weight is 288 g/mol. The normalized spacial score (nSPS) is 10.7. The van der Waals surface area contributed by atoms with Crippen molar-refractivity contribution < 1.29 is 4.79 Å². The molecule has 0 bridgehead atoms. The molecule has 0 aliphatic carbocycles. The SMILES string of the molecule is Cc1cc(Cl)ccc1-c1ccc(NC(=O)C(C)C)cc1. The fourth-order valence-electron chi connectivity index (χ4n) is 1.97. The minimum Gasteiger partial charge on any atom is -0.326 e. The molecule has 1 N–H and O–H groups in total. The van der Waals surface area contributed by atoms with Gasteiger partial charge >= 0.3 is 0 Å². The summed E-state index contributed by atoms with van der Waals surface area (Å²) in [5, 5.41) is 3.63. The van der Waals surface area contributed by atoms with Gasteiger partial charge in [-0.05, 0) is 47.9 Å². The molecule has 0 saturated carbocycles. The van der Waals surface area contributed by atoms with Gasteiger partial charge in [-0.25, -0.2) is 0 Å². The molecule has 1 amide bonds. The van der Waals surface area contributed by atoms with E-state index in [1.54, 1.807) is 0 Å². The number of carbonyl (C=O) groups is 1. The van der Waals surface area contributed by atoms with Crippen LogP contribution in [0.4, 0.5) is 5.69 Å². The zero-order valence-corrected chi connectivity index (χ0v) is 12.7. The lowest BCUT2D eigenvalue weighted by Gasteiger charge is -2.10. The summed E-state index contributed by atoms with van der Waals surface area (Å²) in [6.45, 7) is 5.79. The third-order valence-corrected chi connectivity index (χ3v) is 3.41. The molecule has 104 valence electrons. The average Bonchev–Trinajstić information content (AvgIpc) is 2.40. The van der Waals surface area contributed by atoms with Crippen molar-refractivity contribution in [3.8, 4) is 11.1 Å². The van der Waals surface area contributed by atoms with E-state index in [4.69, 9.17) is 11.6 Å². The maximum Gasteiger partial charge on any atom is 0.226 e. The minimum atomic E-state index is -0.0202. The van der Waals surface area contributed by atoms with Crippen molar-refractivity contribution in [1.29, 1.82) is 0 Å². The summed E-state index contributed by atoms with van der Waals surface area (Å²) in [6.07, 6.45) is 0. The van der Waals surface area contributed by atoms with Gasteiger partial charge in [0.25, 0.3) is 0 Å². The second kappa shape index (κ2) is 6.10. The molecular formula is C17H18ClNO. The van der Waals surface area contributed by atoms with E-state index in [1.165, 1.54) is 0 Å². The molecule has 3 heteroatoms. The van der Waals surface area contributed by atoms with Gasteiger partial charge in [0.2, 0.25) is 5.91 Å². The van der Waals surface area contributed by atoms with Gasteiger partial charge in [-0.3, -0.25) is 4.79 Å². The first-order chi connectivity index (χ1) is 9.47. The largest absolute Gasteiger partial charge is 0.326 e. The van der Waals surface area contributed by atoms with Crippen LogP contribution in [0.5, 0.6) is 0 Å². The van der Waals surface area contributed by atoms with E-state index < -0.39 is 0 Å². The quantitative estimate of drug-likeness (QED) is 0.854. The lowest BCUT2D eigenvalue weighted by Crippen LogP contribution is -2.17. The van der Waals surface area contributed by atoms with Gasteiger partial charge in [0, 0.05) is 16.6 Å². The summed E-state index contributed by atoms with van der Waals surface area (Å²) < 4.78 is 0. The number of hydrogen-bond acceptors (Lipinski definition) is 1. The Balaban J connectivity index is 2.22. The zero-order valence-electron chi connectivity index (χ0n) is 11.9. The number of amides is 1. The van der Waals surface area contributed by atoms with Crippen LogP contribution in [0.2, 0.25) is 5.02 Å². The molecule has 0 spiro atoms. The van der Waals surface area contributed by atoms with E-state index in [9.17, 15) is 4.79 Å². The summed E-state index contributed by atoms with van der Waals surface area (Å²) >= 11 is 5.97. The molecule has 20 heavy (non-hydrogen) atoms. The first-order valence-electron chi connectivity index (χ1n) is 6.65. The number of rotatable bonds is 3. The minimum absolute atomic E-state index is 0.0202. The molecule has 2 rings (SSSR count). The Bertz CT molecular complexity index is 617. The summed E-state index contributed by atoms with van der Waals surface area (Å²) in [5.74, 6) is 0.00797. The first kappa shape index (κ1) is 14.6. The number of halogens is 1. The van der Waals surface area contributed by atoms with Crippen LogP contribution in [0, 0.1) is 12.8 Å². The Morgan fingerprint density at radius 1 is 1.10 bits per heavy atom. The highest BCUT2D eigenvalue weighted by Crippen LogP contribution is 2.27. The Morgan fingerprint density at radius 2 is 1.75 bits per heavy atom. The molecule has 0 aliphatic heterocycles. The van der Waals surface area contributed by atoms with Crippen LogP contribution in [0.3, 0.4) is 0 Å². The standard InChI is InChI=1S/C17H18ClNO/c1-11(2)17(20)19-15-7-4-13(5-8-15)16-9-6-14(18)10-12(16)3/h4-11H,1-3H3,(H,19,20). The van der Waals surface area contributed by atoms with E-state index in [1.807, 2.05) is 63.2 Å². The maximum atomic E-state index is 11.6. The number of nitrogens with one attached hydrogen (secondary N) is 1. The van der Waals surface area contributed by atoms with Gasteiger partial charge < -0.3 is 5.32 Å². The molecule has 2 aromatic carbocycles. The highest BCUT2D eigenvalue weighted by Gasteiger charge is 2.07. The third-order valence-electron chi connectivity index (χ3n) is 3.18. The van der Waals surface area contributed by atoms with Crippen LogP contribution in [0.25, 0.3) is 11.1 Å². The van der Waals surface area contributed by atoms with Gasteiger partial charge in [0.15, 0.2) is 0 Å². The Morgan fingerprint density at radius 3 is 2.30 bits per heavy atom. The molecule has 2 nitrogen and oxygen atoms in total. The molecular weight excluding hydrogens is 270 g/mol. The van der Waals surface area contributed by atoms with Crippen LogP contribution in [-0.2, 0) is 4.79 Å². The van der Waals surface area contributed by atoms with E-state index in [-0.39, 0.29) is 11.8 Å². The van der Waals surface area contributed by atoms with Gasteiger partial charge in [-0.2, -0.15) is 0 Å². The first-order valence-corrected chi connectivity index (χ1v) is 7.02. The third kappa shape index (κ3) is 3.40. The van der Waals surface area contributed by atoms with Crippen molar-refractivity contribution in [1.82, 2.24) is 0 Å². The number of anilines is 1. The van der Waals surface area contributed by atoms with Crippen LogP contribution >= 0.6 is 11.6 Å². The van der Waals surface area contributed by atoms with Crippen LogP contribution in [0.15, 0.2) is 42.5 Å². The molecule has 0 saturated heterocycles. The van der Waals surface area contributed by atoms with Gasteiger partial charge in [0.05, 0.1) is 0 Å². The number of hydrogen-bond donors (Lipinski definition) is 1. The Hall–Kier alpha value is -1.80. The maximum absolute atomic E-state index is 11.6. The summed E-state index contributed by atoms with van der Waals surface area (Å²) in [4.78, 5) is 11.6. The van der Waals surface area contributed by atoms with E-state index >= 15 is 0 Å². The van der Waals surface area contributed by atoms with Crippen LogP contribution in [0.1, 0.15) is 19.4 Å². The lowest BCUT2D eigenvalue weighted by molar-refractivity contribution is -0.118. The monoisotopic (exact) mass is 287 g/mol. The van der Waals surface area contributed by atoms with Crippen molar-refractivity contribution in [3.63, 3.8) is 0 Å². The molecule has 0 aliphatic rings. The fourth-order valence-corrected chi connectivity index (χ4v) is 2.20. The van der Waals surface area contributed by atoms with Crippen molar-refractivity contribution >= 4 is 23.2 Å². The Kier molecular flexibility index (Phi) is 4.46. The highest BCUT2D eigenvalue weighted by atomic mass is 35.5. The molecule has 0 unspecified atom stereocenters. The van der Waals surface area contributed by atoms with Crippen molar-refractivity contribution in [3.05, 3.63) is 53.1 Å². The summed E-state index contributed by atoms with van der Waals surface area (Å²) in [5.41, 5.74) is 4.22. The molecule has 0 fully saturated rings. The fraction of sp³-hybridized carbons (Fsp3) is 0.235. The summed E-state index contributed by atoms with van der Waals surface area (Å²) in [7, 11) is 0. The molecule has 0 atom stereocenters. The second-order valence-corrected chi connectivity index (χ2v) is 5.62. The number of carbonyl (C=O) groups excluding carboxylic acids is 1. The van der Waals surface area contributed by atoms with E-state index in [0.29, 0.717) is 0 Å². The Labute approximate surface area is 124 Å².